The van der Waals surface area contributed by atoms with E-state index in [1.807, 2.05) is 32.9 Å². The first-order chi connectivity index (χ1) is 9.41. The molecule has 0 heterocycles. The van der Waals surface area contributed by atoms with Crippen LogP contribution in [-0.4, -0.2) is 11.9 Å². The average Bonchev–Trinajstić information content (AvgIpc) is 2.38. The van der Waals surface area contributed by atoms with Gasteiger partial charge in [-0.3, -0.25) is 4.79 Å². The zero-order chi connectivity index (χ0) is 15.1. The van der Waals surface area contributed by atoms with E-state index in [9.17, 15) is 4.79 Å². The number of amides is 1. The predicted molar refractivity (Wildman–Crippen MR) is 84.4 cm³/mol. The van der Waals surface area contributed by atoms with E-state index in [0.29, 0.717) is 0 Å². The molecule has 1 amide bonds. The second kappa shape index (κ2) is 8.05. The molecule has 3 heteroatoms. The van der Waals surface area contributed by atoms with Crippen molar-refractivity contribution in [3.8, 4) is 0 Å². The van der Waals surface area contributed by atoms with Gasteiger partial charge in [0.25, 0.3) is 0 Å². The molecule has 1 rings (SSSR count). The Morgan fingerprint density at radius 3 is 2.45 bits per heavy atom. The van der Waals surface area contributed by atoms with Gasteiger partial charge in [-0.25, -0.2) is 0 Å². The van der Waals surface area contributed by atoms with Crippen molar-refractivity contribution in [2.24, 2.45) is 11.7 Å². The highest BCUT2D eigenvalue weighted by molar-refractivity contribution is 5.78. The molecule has 1 aromatic rings. The highest BCUT2D eigenvalue weighted by Crippen LogP contribution is 2.18. The first-order valence-electron chi connectivity index (χ1n) is 7.53. The molecule has 0 radical (unpaired) electrons. The highest BCUT2D eigenvalue weighted by atomic mass is 16.1. The first kappa shape index (κ1) is 16.7. The Kier molecular flexibility index (Phi) is 6.73. The van der Waals surface area contributed by atoms with Gasteiger partial charge in [0.1, 0.15) is 0 Å². The molecule has 0 aromatic heterocycles. The standard InChI is InChI=1S/C17H28N2O/c1-12-8-5-6-11-16(12)15(4)19-17(20)13(2)9-7-10-14(3)18/h5-6,8,11,13-15H,7,9-10,18H2,1-4H3,(H,19,20)/t13?,14?,15-/m0/s1. The van der Waals surface area contributed by atoms with Crippen molar-refractivity contribution >= 4 is 5.91 Å². The summed E-state index contributed by atoms with van der Waals surface area (Å²) < 4.78 is 0. The van der Waals surface area contributed by atoms with Crippen LogP contribution in [0.15, 0.2) is 24.3 Å². The van der Waals surface area contributed by atoms with Gasteiger partial charge >= 0.3 is 0 Å². The maximum absolute atomic E-state index is 12.2. The van der Waals surface area contributed by atoms with Gasteiger partial charge in [0, 0.05) is 12.0 Å². The third-order valence-electron chi connectivity index (χ3n) is 3.76. The number of nitrogens with two attached hydrogens (primary N) is 1. The fraction of sp³-hybridized carbons (Fsp3) is 0.588. The van der Waals surface area contributed by atoms with Crippen molar-refractivity contribution in [3.63, 3.8) is 0 Å². The van der Waals surface area contributed by atoms with Crippen LogP contribution >= 0.6 is 0 Å². The number of carbonyl (C=O) groups is 1. The van der Waals surface area contributed by atoms with Crippen molar-refractivity contribution < 1.29 is 4.79 Å². The van der Waals surface area contributed by atoms with Crippen LogP contribution in [0.5, 0.6) is 0 Å². The molecule has 0 aliphatic rings. The fourth-order valence-electron chi connectivity index (χ4n) is 2.38. The largest absolute Gasteiger partial charge is 0.349 e. The lowest BCUT2D eigenvalue weighted by Gasteiger charge is -2.19. The molecule has 0 saturated carbocycles. The van der Waals surface area contributed by atoms with Gasteiger partial charge in [-0.2, -0.15) is 0 Å². The number of hydrogen-bond acceptors (Lipinski definition) is 2. The van der Waals surface area contributed by atoms with Crippen LogP contribution in [0.25, 0.3) is 0 Å². The maximum atomic E-state index is 12.2. The molecule has 0 bridgehead atoms. The summed E-state index contributed by atoms with van der Waals surface area (Å²) in [6, 6.07) is 8.45. The monoisotopic (exact) mass is 276 g/mol. The third kappa shape index (κ3) is 5.33. The number of benzene rings is 1. The van der Waals surface area contributed by atoms with Crippen molar-refractivity contribution in [2.75, 3.05) is 0 Å². The summed E-state index contributed by atoms with van der Waals surface area (Å²) in [4.78, 5) is 12.2. The lowest BCUT2D eigenvalue weighted by molar-refractivity contribution is -0.125. The molecule has 20 heavy (non-hydrogen) atoms. The highest BCUT2D eigenvalue weighted by Gasteiger charge is 2.16. The van der Waals surface area contributed by atoms with E-state index in [1.54, 1.807) is 0 Å². The molecular weight excluding hydrogens is 248 g/mol. The quantitative estimate of drug-likeness (QED) is 0.802. The molecule has 112 valence electrons. The van der Waals surface area contributed by atoms with Gasteiger partial charge in [-0.15, -0.1) is 0 Å². The average molecular weight is 276 g/mol. The van der Waals surface area contributed by atoms with E-state index in [-0.39, 0.29) is 23.9 Å². The summed E-state index contributed by atoms with van der Waals surface area (Å²) >= 11 is 0. The summed E-state index contributed by atoms with van der Waals surface area (Å²) in [5.41, 5.74) is 8.12. The first-order valence-corrected chi connectivity index (χ1v) is 7.53. The van der Waals surface area contributed by atoms with E-state index < -0.39 is 0 Å². The van der Waals surface area contributed by atoms with E-state index in [0.717, 1.165) is 19.3 Å². The second-order valence-corrected chi connectivity index (χ2v) is 5.90. The van der Waals surface area contributed by atoms with Crippen LogP contribution in [-0.2, 0) is 4.79 Å². The van der Waals surface area contributed by atoms with Crippen LogP contribution < -0.4 is 11.1 Å². The molecule has 3 atom stereocenters. The summed E-state index contributed by atoms with van der Waals surface area (Å²) in [5.74, 6) is 0.172. The number of hydrogen-bond donors (Lipinski definition) is 2. The van der Waals surface area contributed by atoms with Crippen molar-refractivity contribution in [3.05, 3.63) is 35.4 Å². The van der Waals surface area contributed by atoms with Gasteiger partial charge < -0.3 is 11.1 Å². The molecule has 3 N–H and O–H groups in total. The van der Waals surface area contributed by atoms with E-state index in [4.69, 9.17) is 5.73 Å². The molecule has 0 spiro atoms. The fourth-order valence-corrected chi connectivity index (χ4v) is 2.38. The lowest BCUT2D eigenvalue weighted by Crippen LogP contribution is -2.32. The smallest absolute Gasteiger partial charge is 0.223 e. The zero-order valence-electron chi connectivity index (χ0n) is 13.1. The van der Waals surface area contributed by atoms with E-state index in [2.05, 4.69) is 24.4 Å². The SMILES string of the molecule is Cc1ccccc1[C@H](C)NC(=O)C(C)CCCC(C)N. The Balaban J connectivity index is 2.47. The van der Waals surface area contributed by atoms with Gasteiger partial charge in [-0.05, 0) is 44.7 Å². The number of carbonyl (C=O) groups excluding carboxylic acids is 1. The number of rotatable bonds is 7. The molecule has 2 unspecified atom stereocenters. The van der Waals surface area contributed by atoms with Gasteiger partial charge in [0.2, 0.25) is 5.91 Å². The summed E-state index contributed by atoms with van der Waals surface area (Å²) in [6.07, 6.45) is 2.88. The summed E-state index contributed by atoms with van der Waals surface area (Å²) in [5, 5.41) is 3.10. The molecule has 0 saturated heterocycles. The van der Waals surface area contributed by atoms with Gasteiger partial charge in [0.05, 0.1) is 6.04 Å². The van der Waals surface area contributed by atoms with E-state index >= 15 is 0 Å². The van der Waals surface area contributed by atoms with Crippen LogP contribution in [0.2, 0.25) is 0 Å². The lowest BCUT2D eigenvalue weighted by atomic mass is 9.99. The Morgan fingerprint density at radius 2 is 1.85 bits per heavy atom. The molecule has 3 nitrogen and oxygen atoms in total. The van der Waals surface area contributed by atoms with Gasteiger partial charge in [0.15, 0.2) is 0 Å². The van der Waals surface area contributed by atoms with Crippen LogP contribution in [0.4, 0.5) is 0 Å². The van der Waals surface area contributed by atoms with Crippen molar-refractivity contribution in [1.82, 2.24) is 5.32 Å². The second-order valence-electron chi connectivity index (χ2n) is 5.90. The Bertz CT molecular complexity index is 429. The van der Waals surface area contributed by atoms with Crippen LogP contribution in [0.1, 0.15) is 57.2 Å². The third-order valence-corrected chi connectivity index (χ3v) is 3.76. The molecule has 1 aromatic carbocycles. The van der Waals surface area contributed by atoms with Gasteiger partial charge in [-0.1, -0.05) is 37.6 Å². The van der Waals surface area contributed by atoms with E-state index in [1.165, 1.54) is 11.1 Å². The summed E-state index contributed by atoms with van der Waals surface area (Å²) in [7, 11) is 0. The summed E-state index contributed by atoms with van der Waals surface area (Å²) in [6.45, 7) is 8.10. The molecule has 0 aliphatic carbocycles. The number of nitrogens with one attached hydrogen (secondary N) is 1. The minimum Gasteiger partial charge on any atom is -0.349 e. The zero-order valence-corrected chi connectivity index (χ0v) is 13.1. The molecule has 0 aliphatic heterocycles. The Labute approximate surface area is 122 Å². The molecule has 0 fully saturated rings. The van der Waals surface area contributed by atoms with Crippen LogP contribution in [0.3, 0.4) is 0 Å². The number of aryl methyl sites for hydroxylation is 1. The van der Waals surface area contributed by atoms with Crippen molar-refractivity contribution in [2.45, 2.75) is 59.0 Å². The topological polar surface area (TPSA) is 55.1 Å². The normalized spacial score (nSPS) is 15.4. The van der Waals surface area contributed by atoms with Crippen LogP contribution in [0, 0.1) is 12.8 Å². The Morgan fingerprint density at radius 1 is 1.20 bits per heavy atom. The minimum atomic E-state index is 0.0419. The molecular formula is C17H28N2O. The Hall–Kier alpha value is -1.35. The minimum absolute atomic E-state index is 0.0419. The predicted octanol–water partition coefficient (Wildman–Crippen LogP) is 3.33. The maximum Gasteiger partial charge on any atom is 0.223 e. The van der Waals surface area contributed by atoms with Crippen molar-refractivity contribution in [1.29, 1.82) is 0 Å².